The van der Waals surface area contributed by atoms with Crippen molar-refractivity contribution in [3.8, 4) is 0 Å². The summed E-state index contributed by atoms with van der Waals surface area (Å²) >= 11 is 3.20. The second-order valence-electron chi connectivity index (χ2n) is 4.48. The Morgan fingerprint density at radius 3 is 2.61 bits per heavy atom. The molecule has 0 aliphatic rings. The summed E-state index contributed by atoms with van der Waals surface area (Å²) in [7, 11) is 0. The van der Waals surface area contributed by atoms with E-state index in [1.165, 1.54) is 0 Å². The predicted octanol–water partition coefficient (Wildman–Crippen LogP) is 3.41. The molecule has 0 aliphatic heterocycles. The molecule has 0 saturated heterocycles. The highest BCUT2D eigenvalue weighted by Crippen LogP contribution is 2.18. The Kier molecular flexibility index (Phi) is 6.82. The van der Waals surface area contributed by atoms with Crippen LogP contribution in [0.15, 0.2) is 22.7 Å². The summed E-state index contributed by atoms with van der Waals surface area (Å²) in [6.07, 6.45) is 0. The quantitative estimate of drug-likeness (QED) is 0.829. The molecule has 0 aliphatic carbocycles. The molecule has 0 bridgehead atoms. The van der Waals surface area contributed by atoms with Crippen molar-refractivity contribution >= 4 is 15.9 Å². The minimum atomic E-state index is -0.167. The van der Waals surface area contributed by atoms with Gasteiger partial charge in [0.25, 0.3) is 0 Å². The minimum Gasteiger partial charge on any atom is -0.309 e. The summed E-state index contributed by atoms with van der Waals surface area (Å²) in [4.78, 5) is 2.36. The first-order valence-electron chi connectivity index (χ1n) is 6.47. The molecule has 4 heteroatoms. The van der Waals surface area contributed by atoms with E-state index in [1.807, 2.05) is 12.1 Å². The van der Waals surface area contributed by atoms with E-state index in [4.69, 9.17) is 0 Å². The van der Waals surface area contributed by atoms with Crippen molar-refractivity contribution in [3.63, 3.8) is 0 Å². The molecule has 102 valence electrons. The molecule has 0 heterocycles. The third-order valence-corrected chi connectivity index (χ3v) is 3.71. The van der Waals surface area contributed by atoms with Gasteiger partial charge >= 0.3 is 0 Å². The molecule has 1 N–H and O–H groups in total. The van der Waals surface area contributed by atoms with Crippen LogP contribution in [0.2, 0.25) is 0 Å². The molecule has 18 heavy (non-hydrogen) atoms. The summed E-state index contributed by atoms with van der Waals surface area (Å²) in [6.45, 7) is 10.1. The highest BCUT2D eigenvalue weighted by atomic mass is 79.9. The highest BCUT2D eigenvalue weighted by Gasteiger charge is 2.09. The van der Waals surface area contributed by atoms with E-state index in [2.05, 4.69) is 46.9 Å². The van der Waals surface area contributed by atoms with Gasteiger partial charge in [0.15, 0.2) is 0 Å². The van der Waals surface area contributed by atoms with E-state index in [9.17, 15) is 4.39 Å². The third-order valence-electron chi connectivity index (χ3n) is 3.10. The van der Waals surface area contributed by atoms with Crippen molar-refractivity contribution < 1.29 is 4.39 Å². The van der Waals surface area contributed by atoms with Crippen molar-refractivity contribution in [2.45, 2.75) is 33.4 Å². The van der Waals surface area contributed by atoms with E-state index in [-0.39, 0.29) is 5.82 Å². The first kappa shape index (κ1) is 15.6. The Labute approximate surface area is 118 Å². The molecule has 0 fully saturated rings. The first-order chi connectivity index (χ1) is 8.58. The number of halogens is 2. The van der Waals surface area contributed by atoms with Gasteiger partial charge in [0.1, 0.15) is 5.82 Å². The second-order valence-corrected chi connectivity index (χ2v) is 5.34. The summed E-state index contributed by atoms with van der Waals surface area (Å²) < 4.78 is 14.3. The SMILES string of the molecule is CCN(CC)CC(C)NCc1cccc(Br)c1F. The molecule has 0 radical (unpaired) electrons. The van der Waals surface area contributed by atoms with Gasteiger partial charge in [0, 0.05) is 24.7 Å². The van der Waals surface area contributed by atoms with Gasteiger partial charge in [0.05, 0.1) is 4.47 Å². The van der Waals surface area contributed by atoms with Crippen LogP contribution in [-0.2, 0) is 6.54 Å². The largest absolute Gasteiger partial charge is 0.309 e. The number of nitrogens with one attached hydrogen (secondary N) is 1. The summed E-state index contributed by atoms with van der Waals surface area (Å²) in [5, 5.41) is 3.36. The number of benzene rings is 1. The third kappa shape index (κ3) is 4.67. The van der Waals surface area contributed by atoms with Crippen molar-refractivity contribution in [2.24, 2.45) is 0 Å². The van der Waals surface area contributed by atoms with Gasteiger partial charge in [-0.15, -0.1) is 0 Å². The predicted molar refractivity (Wildman–Crippen MR) is 78.2 cm³/mol. The van der Waals surface area contributed by atoms with Crippen molar-refractivity contribution in [2.75, 3.05) is 19.6 Å². The fraction of sp³-hybridized carbons (Fsp3) is 0.571. The van der Waals surface area contributed by atoms with E-state index >= 15 is 0 Å². The van der Waals surface area contributed by atoms with Crippen LogP contribution >= 0.6 is 15.9 Å². The normalized spacial score (nSPS) is 13.0. The zero-order valence-electron chi connectivity index (χ0n) is 11.3. The summed E-state index contributed by atoms with van der Waals surface area (Å²) in [5.74, 6) is -0.167. The number of hydrogen-bond donors (Lipinski definition) is 1. The van der Waals surface area contributed by atoms with Crippen molar-refractivity contribution in [1.29, 1.82) is 0 Å². The molecule has 0 saturated carbocycles. The Morgan fingerprint density at radius 1 is 1.33 bits per heavy atom. The molecule has 0 aromatic heterocycles. The molecule has 0 spiro atoms. The standard InChI is InChI=1S/C14H22BrFN2/c1-4-18(5-2)10-11(3)17-9-12-7-6-8-13(15)14(12)16/h6-8,11,17H,4-5,9-10H2,1-3H3. The van der Waals surface area contributed by atoms with Crippen LogP contribution in [0.1, 0.15) is 26.3 Å². The lowest BCUT2D eigenvalue weighted by Crippen LogP contribution is -2.38. The van der Waals surface area contributed by atoms with Crippen LogP contribution in [-0.4, -0.2) is 30.6 Å². The first-order valence-corrected chi connectivity index (χ1v) is 7.26. The van der Waals surface area contributed by atoms with Crippen molar-refractivity contribution in [1.82, 2.24) is 10.2 Å². The Bertz CT molecular complexity index is 367. The average molecular weight is 317 g/mol. The lowest BCUT2D eigenvalue weighted by Gasteiger charge is -2.23. The van der Waals surface area contributed by atoms with Crippen LogP contribution in [0.4, 0.5) is 4.39 Å². The van der Waals surface area contributed by atoms with E-state index in [0.29, 0.717) is 22.6 Å². The number of nitrogens with zero attached hydrogens (tertiary/aromatic N) is 1. The summed E-state index contributed by atoms with van der Waals surface area (Å²) in [5.41, 5.74) is 0.704. The molecule has 1 unspecified atom stereocenters. The Hall–Kier alpha value is -0.450. The molecule has 1 atom stereocenters. The smallest absolute Gasteiger partial charge is 0.141 e. The van der Waals surface area contributed by atoms with E-state index < -0.39 is 0 Å². The minimum absolute atomic E-state index is 0.167. The number of likely N-dealkylation sites (N-methyl/N-ethyl adjacent to an activating group) is 1. The highest BCUT2D eigenvalue weighted by molar-refractivity contribution is 9.10. The Balaban J connectivity index is 2.47. The molecule has 1 aromatic rings. The van der Waals surface area contributed by atoms with Gasteiger partial charge in [-0.25, -0.2) is 4.39 Å². The summed E-state index contributed by atoms with van der Waals surface area (Å²) in [6, 6.07) is 5.75. The number of rotatable bonds is 7. The van der Waals surface area contributed by atoms with Crippen LogP contribution in [0.3, 0.4) is 0 Å². The van der Waals surface area contributed by atoms with Gasteiger partial charge < -0.3 is 10.2 Å². The lowest BCUT2D eigenvalue weighted by atomic mass is 10.2. The van der Waals surface area contributed by atoms with E-state index in [1.54, 1.807) is 6.07 Å². The monoisotopic (exact) mass is 316 g/mol. The maximum absolute atomic E-state index is 13.7. The van der Waals surface area contributed by atoms with Gasteiger partial charge in [-0.1, -0.05) is 26.0 Å². The van der Waals surface area contributed by atoms with Gasteiger partial charge in [0.2, 0.25) is 0 Å². The zero-order chi connectivity index (χ0) is 13.5. The van der Waals surface area contributed by atoms with Crippen LogP contribution in [0.5, 0.6) is 0 Å². The van der Waals surface area contributed by atoms with Crippen LogP contribution in [0.25, 0.3) is 0 Å². The fourth-order valence-electron chi connectivity index (χ4n) is 1.90. The number of hydrogen-bond acceptors (Lipinski definition) is 2. The topological polar surface area (TPSA) is 15.3 Å². The maximum Gasteiger partial charge on any atom is 0.141 e. The molecule has 1 rings (SSSR count). The van der Waals surface area contributed by atoms with Crippen molar-refractivity contribution in [3.05, 3.63) is 34.1 Å². The molecule has 1 aromatic carbocycles. The average Bonchev–Trinajstić information content (AvgIpc) is 2.37. The fourth-order valence-corrected chi connectivity index (χ4v) is 2.31. The lowest BCUT2D eigenvalue weighted by molar-refractivity contribution is 0.270. The zero-order valence-corrected chi connectivity index (χ0v) is 12.9. The maximum atomic E-state index is 13.7. The van der Waals surface area contributed by atoms with E-state index in [0.717, 1.165) is 19.6 Å². The van der Waals surface area contributed by atoms with Gasteiger partial charge in [-0.3, -0.25) is 0 Å². The van der Waals surface area contributed by atoms with Gasteiger partial charge in [-0.2, -0.15) is 0 Å². The van der Waals surface area contributed by atoms with Crippen LogP contribution < -0.4 is 5.32 Å². The van der Waals surface area contributed by atoms with Gasteiger partial charge in [-0.05, 0) is 42.0 Å². The van der Waals surface area contributed by atoms with Crippen LogP contribution in [0, 0.1) is 5.82 Å². The second kappa shape index (κ2) is 7.87. The Morgan fingerprint density at radius 2 is 2.00 bits per heavy atom. The molecule has 0 amide bonds. The molecule has 2 nitrogen and oxygen atoms in total. The molecular weight excluding hydrogens is 295 g/mol. The molecular formula is C14H22BrFN2.